The summed E-state index contributed by atoms with van der Waals surface area (Å²) in [6.45, 7) is 1.93. The summed E-state index contributed by atoms with van der Waals surface area (Å²) in [5, 5.41) is 9.27. The minimum Gasteiger partial charge on any atom is -0.358 e. The molecular weight excluding hydrogens is 462 g/mol. The van der Waals surface area contributed by atoms with Crippen LogP contribution in [-0.2, 0) is 11.8 Å². The summed E-state index contributed by atoms with van der Waals surface area (Å²) < 4.78 is 7.61. The molecule has 5 rings (SSSR count). The first kappa shape index (κ1) is 23.1. The zero-order chi connectivity index (χ0) is 24.7. The zero-order valence-electron chi connectivity index (χ0n) is 20.1. The predicted octanol–water partition coefficient (Wildman–Crippen LogP) is 5.19. The van der Waals surface area contributed by atoms with Crippen molar-refractivity contribution in [2.75, 3.05) is 14.1 Å². The Morgan fingerprint density at radius 3 is 2.63 bits per heavy atom. The van der Waals surface area contributed by atoms with E-state index in [1.807, 2.05) is 50.6 Å². The Bertz CT molecular complexity index is 1420. The summed E-state index contributed by atoms with van der Waals surface area (Å²) in [6, 6.07) is 7.12. The van der Waals surface area contributed by atoms with E-state index in [1.165, 1.54) is 0 Å². The van der Waals surface area contributed by atoms with E-state index >= 15 is 0 Å². The van der Waals surface area contributed by atoms with Gasteiger partial charge >= 0.3 is 0 Å². The number of halogens is 1. The van der Waals surface area contributed by atoms with Crippen LogP contribution >= 0.6 is 11.6 Å². The molecule has 1 amide bonds. The number of hydrogen-bond donors (Lipinski definition) is 0. The summed E-state index contributed by atoms with van der Waals surface area (Å²) in [5.41, 5.74) is 7.61. The second kappa shape index (κ2) is 9.15. The number of fused-ring (bicyclic) bond motifs is 4. The molecule has 1 atom stereocenters. The van der Waals surface area contributed by atoms with Crippen LogP contribution in [-0.4, -0.2) is 45.6 Å². The van der Waals surface area contributed by atoms with Crippen molar-refractivity contribution in [1.82, 2.24) is 19.8 Å². The number of hydrogen-bond acceptors (Lipinski definition) is 5. The molecule has 1 aromatic carbocycles. The number of amides is 1. The van der Waals surface area contributed by atoms with Crippen molar-refractivity contribution < 1.29 is 9.32 Å². The van der Waals surface area contributed by atoms with Gasteiger partial charge in [0.1, 0.15) is 6.04 Å². The lowest BCUT2D eigenvalue weighted by Gasteiger charge is -2.22. The Hall–Kier alpha value is -3.71. The second-order valence-corrected chi connectivity index (χ2v) is 9.50. The zero-order valence-corrected chi connectivity index (χ0v) is 20.9. The third kappa shape index (κ3) is 4.51. The molecule has 7 nitrogen and oxygen atoms in total. The molecule has 0 saturated heterocycles. The fraction of sp³-hybridized carbons (Fsp3) is 0.259. The minimum atomic E-state index is -0.515. The minimum absolute atomic E-state index is 0.0325. The second-order valence-electron chi connectivity index (χ2n) is 9.06. The van der Waals surface area contributed by atoms with E-state index in [-0.39, 0.29) is 12.3 Å². The SMILES string of the molecule is Cc1noc2c1C1=CC=C(c3cnn(C)c3)C=C(C1)/C(c1ccc(Cl)cc1)=N\[C@@H]2CC(=O)N(C)C. The molecule has 35 heavy (non-hydrogen) atoms. The molecule has 0 spiro atoms. The molecule has 2 bridgehead atoms. The van der Waals surface area contributed by atoms with Gasteiger partial charge in [0.05, 0.1) is 24.0 Å². The van der Waals surface area contributed by atoms with Crippen molar-refractivity contribution in [3.8, 4) is 0 Å². The van der Waals surface area contributed by atoms with Gasteiger partial charge in [0.25, 0.3) is 0 Å². The quantitative estimate of drug-likeness (QED) is 0.507. The molecule has 2 aromatic heterocycles. The maximum absolute atomic E-state index is 12.8. The van der Waals surface area contributed by atoms with Crippen LogP contribution in [0.25, 0.3) is 11.1 Å². The standard InChI is InChI=1S/C27H26ClN5O2/c1-16-25-19-6-5-18(21-14-29-33(4)15-21)11-20(12-19)26(17-7-9-22(28)10-8-17)30-23(27(25)35-31-16)13-24(34)32(2)3/h5-11,14-15,23H,12-13H2,1-4H3/b30-26-/t23-/m1/s1. The maximum atomic E-state index is 12.8. The number of aliphatic imine (C=N–C) groups is 1. The Morgan fingerprint density at radius 1 is 1.17 bits per heavy atom. The van der Waals surface area contributed by atoms with E-state index in [0.717, 1.165) is 44.8 Å². The number of aryl methyl sites for hydroxylation is 2. The number of aromatic nitrogens is 3. The van der Waals surface area contributed by atoms with Crippen molar-refractivity contribution >= 4 is 34.4 Å². The van der Waals surface area contributed by atoms with Crippen LogP contribution in [0.4, 0.5) is 0 Å². The molecule has 0 unspecified atom stereocenters. The Labute approximate surface area is 209 Å². The van der Waals surface area contributed by atoms with Crippen LogP contribution in [0.3, 0.4) is 0 Å². The first-order valence-corrected chi connectivity index (χ1v) is 11.8. The van der Waals surface area contributed by atoms with Gasteiger partial charge in [-0.15, -0.1) is 0 Å². The van der Waals surface area contributed by atoms with Crippen LogP contribution in [0.2, 0.25) is 5.02 Å². The fourth-order valence-corrected chi connectivity index (χ4v) is 4.60. The first-order valence-electron chi connectivity index (χ1n) is 11.4. The van der Waals surface area contributed by atoms with Crippen LogP contribution < -0.4 is 0 Å². The number of carbonyl (C=O) groups is 1. The highest BCUT2D eigenvalue weighted by atomic mass is 35.5. The molecule has 3 aromatic rings. The average Bonchev–Trinajstić information content (AvgIpc) is 3.35. The summed E-state index contributed by atoms with van der Waals surface area (Å²) in [4.78, 5) is 19.5. The van der Waals surface area contributed by atoms with E-state index in [4.69, 9.17) is 21.1 Å². The van der Waals surface area contributed by atoms with Gasteiger partial charge < -0.3 is 9.42 Å². The molecule has 178 valence electrons. The highest BCUT2D eigenvalue weighted by molar-refractivity contribution is 6.30. The molecule has 1 aliphatic carbocycles. The van der Waals surface area contributed by atoms with Crippen LogP contribution in [0.5, 0.6) is 0 Å². The van der Waals surface area contributed by atoms with Gasteiger partial charge in [0.2, 0.25) is 5.91 Å². The lowest BCUT2D eigenvalue weighted by molar-refractivity contribution is -0.129. The molecular formula is C27H26ClN5O2. The summed E-state index contributed by atoms with van der Waals surface area (Å²) >= 11 is 6.19. The van der Waals surface area contributed by atoms with E-state index < -0.39 is 6.04 Å². The number of benzene rings is 1. The van der Waals surface area contributed by atoms with Crippen molar-refractivity contribution in [1.29, 1.82) is 0 Å². The third-order valence-corrected chi connectivity index (χ3v) is 6.55. The van der Waals surface area contributed by atoms with E-state index in [1.54, 1.807) is 23.7 Å². The van der Waals surface area contributed by atoms with Gasteiger partial charge in [-0.05, 0) is 41.9 Å². The fourth-order valence-electron chi connectivity index (χ4n) is 4.47. The number of rotatable bonds is 4. The third-order valence-electron chi connectivity index (χ3n) is 6.30. The van der Waals surface area contributed by atoms with Gasteiger partial charge in [-0.1, -0.05) is 41.0 Å². The van der Waals surface area contributed by atoms with Crippen molar-refractivity contribution in [2.24, 2.45) is 12.0 Å². The van der Waals surface area contributed by atoms with Crippen molar-refractivity contribution in [2.45, 2.75) is 25.8 Å². The van der Waals surface area contributed by atoms with Crippen molar-refractivity contribution in [3.63, 3.8) is 0 Å². The maximum Gasteiger partial charge on any atom is 0.224 e. The van der Waals surface area contributed by atoms with Gasteiger partial charge in [-0.2, -0.15) is 5.10 Å². The highest BCUT2D eigenvalue weighted by Gasteiger charge is 2.32. The van der Waals surface area contributed by atoms with Gasteiger partial charge in [-0.25, -0.2) is 0 Å². The molecule has 1 aliphatic heterocycles. The summed E-state index contributed by atoms with van der Waals surface area (Å²) in [7, 11) is 5.40. The van der Waals surface area contributed by atoms with Crippen molar-refractivity contribution in [3.05, 3.63) is 93.6 Å². The monoisotopic (exact) mass is 487 g/mol. The molecule has 0 fully saturated rings. The molecule has 0 N–H and O–H groups in total. The molecule has 3 heterocycles. The molecule has 0 saturated carbocycles. The molecule has 0 radical (unpaired) electrons. The lowest BCUT2D eigenvalue weighted by atomic mass is 9.88. The number of carbonyl (C=O) groups excluding carboxylic acids is 1. The summed E-state index contributed by atoms with van der Waals surface area (Å²) in [5.74, 6) is 0.586. The Balaban J connectivity index is 1.75. The number of nitrogens with zero attached hydrogens (tertiary/aromatic N) is 5. The van der Waals surface area contributed by atoms with Gasteiger partial charge in [0, 0.05) is 55.5 Å². The van der Waals surface area contributed by atoms with Crippen LogP contribution in [0.15, 0.2) is 70.0 Å². The Morgan fingerprint density at radius 2 is 1.94 bits per heavy atom. The topological polar surface area (TPSA) is 76.5 Å². The first-order chi connectivity index (χ1) is 16.8. The highest BCUT2D eigenvalue weighted by Crippen LogP contribution is 2.41. The van der Waals surface area contributed by atoms with E-state index in [2.05, 4.69) is 28.5 Å². The lowest BCUT2D eigenvalue weighted by Crippen LogP contribution is -2.24. The van der Waals surface area contributed by atoms with E-state index in [9.17, 15) is 4.79 Å². The number of allylic oxidation sites excluding steroid dienone is 6. The van der Waals surface area contributed by atoms with E-state index in [0.29, 0.717) is 17.2 Å². The van der Waals surface area contributed by atoms with Gasteiger partial charge in [0.15, 0.2) is 5.76 Å². The average molecular weight is 488 g/mol. The smallest absolute Gasteiger partial charge is 0.224 e. The van der Waals surface area contributed by atoms with Gasteiger partial charge in [-0.3, -0.25) is 14.5 Å². The van der Waals surface area contributed by atoms with Crippen LogP contribution in [0.1, 0.15) is 47.0 Å². The van der Waals surface area contributed by atoms with Crippen LogP contribution in [0, 0.1) is 6.92 Å². The molecule has 2 aliphatic rings. The molecule has 8 heteroatoms. The predicted molar refractivity (Wildman–Crippen MR) is 137 cm³/mol. The Kier molecular flexibility index (Phi) is 6.03. The largest absolute Gasteiger partial charge is 0.358 e. The summed E-state index contributed by atoms with van der Waals surface area (Å²) in [6.07, 6.45) is 11.0. The normalized spacial score (nSPS) is 18.7.